The lowest BCUT2D eigenvalue weighted by molar-refractivity contribution is -0.154. The zero-order chi connectivity index (χ0) is 25.3. The Morgan fingerprint density at radius 2 is 1.51 bits per heavy atom. The van der Waals surface area contributed by atoms with Crippen LogP contribution in [0.2, 0.25) is 0 Å². The molecule has 0 spiro atoms. The lowest BCUT2D eigenvalue weighted by Crippen LogP contribution is -2.26. The number of carbonyl (C=O) groups is 2. The SMILES string of the molecule is CCC(C)(C)C(=O)OCCCCCCOc1ccc(C(=O)Oc2ccc3ccc(=O)oc3c2)cc1. The Bertz CT molecular complexity index is 1190. The number of benzene rings is 2. The van der Waals surface area contributed by atoms with Crippen LogP contribution in [0.15, 0.2) is 63.8 Å². The van der Waals surface area contributed by atoms with E-state index in [2.05, 4.69) is 0 Å². The standard InChI is InChI=1S/C28H32O7/c1-4-28(2,3)27(31)33-18-8-6-5-7-17-32-22-13-10-21(11-14-22)26(30)34-23-15-9-20-12-16-25(29)35-24(20)19-23/h9-16,19H,4-8,17-18H2,1-3H3. The summed E-state index contributed by atoms with van der Waals surface area (Å²) in [6.45, 7) is 6.79. The second-order valence-electron chi connectivity index (χ2n) is 9.00. The number of esters is 2. The summed E-state index contributed by atoms with van der Waals surface area (Å²) in [5, 5.41) is 0.741. The molecule has 0 radical (unpaired) electrons. The smallest absolute Gasteiger partial charge is 0.343 e. The van der Waals surface area contributed by atoms with Gasteiger partial charge < -0.3 is 18.6 Å². The van der Waals surface area contributed by atoms with Crippen molar-refractivity contribution in [3.05, 3.63) is 70.6 Å². The minimum atomic E-state index is -0.516. The van der Waals surface area contributed by atoms with Crippen LogP contribution in [0.1, 0.15) is 63.2 Å². The van der Waals surface area contributed by atoms with E-state index in [9.17, 15) is 14.4 Å². The van der Waals surface area contributed by atoms with Crippen LogP contribution in [0.4, 0.5) is 0 Å². The van der Waals surface area contributed by atoms with Gasteiger partial charge in [-0.15, -0.1) is 0 Å². The summed E-state index contributed by atoms with van der Waals surface area (Å²) < 4.78 is 21.6. The maximum absolute atomic E-state index is 12.4. The lowest BCUT2D eigenvalue weighted by Gasteiger charge is -2.20. The highest BCUT2D eigenvalue weighted by Crippen LogP contribution is 2.22. The zero-order valence-electron chi connectivity index (χ0n) is 20.5. The predicted octanol–water partition coefficient (Wildman–Crippen LogP) is 5.93. The largest absolute Gasteiger partial charge is 0.494 e. The molecule has 0 bridgehead atoms. The van der Waals surface area contributed by atoms with Gasteiger partial charge in [-0.2, -0.15) is 0 Å². The molecule has 0 atom stereocenters. The highest BCUT2D eigenvalue weighted by atomic mass is 16.5. The third-order valence-corrected chi connectivity index (χ3v) is 5.87. The van der Waals surface area contributed by atoms with Gasteiger partial charge in [0.05, 0.1) is 24.2 Å². The molecule has 35 heavy (non-hydrogen) atoms. The first-order valence-electron chi connectivity index (χ1n) is 11.9. The van der Waals surface area contributed by atoms with E-state index in [4.69, 9.17) is 18.6 Å². The molecular formula is C28H32O7. The highest BCUT2D eigenvalue weighted by Gasteiger charge is 2.26. The average molecular weight is 481 g/mol. The van der Waals surface area contributed by atoms with Crippen molar-refractivity contribution in [2.24, 2.45) is 5.41 Å². The first kappa shape index (κ1) is 26.0. The van der Waals surface area contributed by atoms with Crippen molar-refractivity contribution in [3.63, 3.8) is 0 Å². The van der Waals surface area contributed by atoms with Gasteiger partial charge in [-0.3, -0.25) is 4.79 Å². The molecular weight excluding hydrogens is 448 g/mol. The second kappa shape index (κ2) is 12.2. The van der Waals surface area contributed by atoms with Crippen molar-refractivity contribution < 1.29 is 28.2 Å². The van der Waals surface area contributed by atoms with Crippen LogP contribution in [0.25, 0.3) is 11.0 Å². The van der Waals surface area contributed by atoms with Crippen molar-refractivity contribution in [2.45, 2.75) is 52.9 Å². The van der Waals surface area contributed by atoms with Gasteiger partial charge in [-0.1, -0.05) is 6.92 Å². The zero-order valence-corrected chi connectivity index (χ0v) is 20.5. The highest BCUT2D eigenvalue weighted by molar-refractivity contribution is 5.91. The van der Waals surface area contributed by atoms with E-state index in [1.807, 2.05) is 20.8 Å². The van der Waals surface area contributed by atoms with E-state index in [1.54, 1.807) is 42.5 Å². The number of carbonyl (C=O) groups excluding carboxylic acids is 2. The fourth-order valence-corrected chi connectivity index (χ4v) is 3.21. The minimum Gasteiger partial charge on any atom is -0.494 e. The Morgan fingerprint density at radius 3 is 2.23 bits per heavy atom. The van der Waals surface area contributed by atoms with E-state index in [0.29, 0.717) is 35.9 Å². The van der Waals surface area contributed by atoms with Crippen molar-refractivity contribution >= 4 is 22.9 Å². The van der Waals surface area contributed by atoms with Crippen LogP contribution >= 0.6 is 0 Å². The molecule has 1 heterocycles. The Labute approximate surface area is 205 Å². The summed E-state index contributed by atoms with van der Waals surface area (Å²) in [6, 6.07) is 14.6. The van der Waals surface area contributed by atoms with E-state index in [1.165, 1.54) is 12.1 Å². The number of hydrogen-bond donors (Lipinski definition) is 0. The lowest BCUT2D eigenvalue weighted by atomic mass is 9.91. The molecule has 2 aromatic carbocycles. The summed E-state index contributed by atoms with van der Waals surface area (Å²) in [7, 11) is 0. The molecule has 0 aliphatic rings. The molecule has 0 amide bonds. The van der Waals surface area contributed by atoms with Crippen LogP contribution in [-0.4, -0.2) is 25.2 Å². The molecule has 0 saturated heterocycles. The van der Waals surface area contributed by atoms with Gasteiger partial charge in [0.1, 0.15) is 17.1 Å². The van der Waals surface area contributed by atoms with E-state index in [-0.39, 0.29) is 5.97 Å². The van der Waals surface area contributed by atoms with Crippen LogP contribution in [0.3, 0.4) is 0 Å². The fraction of sp³-hybridized carbons (Fsp3) is 0.393. The average Bonchev–Trinajstić information content (AvgIpc) is 2.85. The molecule has 0 N–H and O–H groups in total. The van der Waals surface area contributed by atoms with Crippen LogP contribution in [0, 0.1) is 5.41 Å². The Balaban J connectivity index is 1.36. The molecule has 3 rings (SSSR count). The first-order chi connectivity index (χ1) is 16.8. The molecule has 0 fully saturated rings. The molecule has 0 aliphatic heterocycles. The Morgan fingerprint density at radius 1 is 0.857 bits per heavy atom. The molecule has 0 saturated carbocycles. The summed E-state index contributed by atoms with van der Waals surface area (Å²) in [5.41, 5.74) is -0.148. The van der Waals surface area contributed by atoms with E-state index < -0.39 is 17.0 Å². The van der Waals surface area contributed by atoms with Crippen molar-refractivity contribution in [2.75, 3.05) is 13.2 Å². The summed E-state index contributed by atoms with van der Waals surface area (Å²) >= 11 is 0. The molecule has 1 aromatic heterocycles. The van der Waals surface area contributed by atoms with Gasteiger partial charge >= 0.3 is 17.6 Å². The van der Waals surface area contributed by atoms with Gasteiger partial charge in [-0.05, 0) is 88.4 Å². The fourth-order valence-electron chi connectivity index (χ4n) is 3.21. The van der Waals surface area contributed by atoms with Crippen LogP contribution < -0.4 is 15.1 Å². The Hall–Kier alpha value is -3.61. The van der Waals surface area contributed by atoms with Crippen molar-refractivity contribution in [3.8, 4) is 11.5 Å². The summed E-state index contributed by atoms with van der Waals surface area (Å²) in [5.74, 6) is 0.309. The second-order valence-corrected chi connectivity index (χ2v) is 9.00. The normalized spacial score (nSPS) is 11.3. The maximum Gasteiger partial charge on any atom is 0.343 e. The van der Waals surface area contributed by atoms with Gasteiger partial charge in [0.15, 0.2) is 0 Å². The first-order valence-corrected chi connectivity index (χ1v) is 11.9. The van der Waals surface area contributed by atoms with Crippen LogP contribution in [0.5, 0.6) is 11.5 Å². The molecule has 7 heteroatoms. The van der Waals surface area contributed by atoms with Crippen molar-refractivity contribution in [1.82, 2.24) is 0 Å². The monoisotopic (exact) mass is 480 g/mol. The van der Waals surface area contributed by atoms with E-state index >= 15 is 0 Å². The van der Waals surface area contributed by atoms with Crippen molar-refractivity contribution in [1.29, 1.82) is 0 Å². The number of fused-ring (bicyclic) bond motifs is 1. The third kappa shape index (κ3) is 7.70. The summed E-state index contributed by atoms with van der Waals surface area (Å²) in [4.78, 5) is 35.7. The number of ether oxygens (including phenoxy) is 3. The number of unbranched alkanes of at least 4 members (excludes halogenated alkanes) is 3. The topological polar surface area (TPSA) is 92.0 Å². The van der Waals surface area contributed by atoms with Crippen LogP contribution in [-0.2, 0) is 9.53 Å². The summed E-state index contributed by atoms with van der Waals surface area (Å²) in [6.07, 6.45) is 4.43. The molecule has 7 nitrogen and oxygen atoms in total. The van der Waals surface area contributed by atoms with E-state index in [0.717, 1.165) is 37.5 Å². The quantitative estimate of drug-likeness (QED) is 0.137. The van der Waals surface area contributed by atoms with Gasteiger partial charge in [0.2, 0.25) is 0 Å². The Kier molecular flexibility index (Phi) is 9.06. The minimum absolute atomic E-state index is 0.138. The number of rotatable bonds is 12. The maximum atomic E-state index is 12.4. The molecule has 0 aliphatic carbocycles. The van der Waals surface area contributed by atoms with Gasteiger partial charge in [-0.25, -0.2) is 9.59 Å². The number of hydrogen-bond acceptors (Lipinski definition) is 7. The third-order valence-electron chi connectivity index (χ3n) is 5.87. The predicted molar refractivity (Wildman–Crippen MR) is 133 cm³/mol. The molecule has 3 aromatic rings. The van der Waals surface area contributed by atoms with Gasteiger partial charge in [0.25, 0.3) is 0 Å². The molecule has 0 unspecified atom stereocenters. The molecule has 186 valence electrons. The van der Waals surface area contributed by atoms with Gasteiger partial charge in [0, 0.05) is 17.5 Å².